The zero-order valence-corrected chi connectivity index (χ0v) is 19.7. The van der Waals surface area contributed by atoms with Gasteiger partial charge in [0.2, 0.25) is 0 Å². The van der Waals surface area contributed by atoms with Gasteiger partial charge in [0, 0.05) is 22.4 Å². The predicted molar refractivity (Wildman–Crippen MR) is 125 cm³/mol. The monoisotopic (exact) mass is 533 g/mol. The number of benzene rings is 1. The second-order valence-corrected chi connectivity index (χ2v) is 10.4. The number of thiophene rings is 1. The average Bonchev–Trinajstić information content (AvgIpc) is 3.35. The van der Waals surface area contributed by atoms with E-state index < -0.39 is 21.8 Å². The summed E-state index contributed by atoms with van der Waals surface area (Å²) in [5.41, 5.74) is 6.58. The molecule has 0 aliphatic carbocycles. The first-order valence-electron chi connectivity index (χ1n) is 8.80. The SMILES string of the molecule is NC(=Nc1csc(S(=O)(=O)N2CCCC2CO)c1O)C(=Nc1ccccc1Br)NS. The molecule has 1 unspecified atom stereocenters. The molecule has 1 atom stereocenters. The van der Waals surface area contributed by atoms with E-state index in [1.807, 2.05) is 12.1 Å². The lowest BCUT2D eigenvalue weighted by molar-refractivity contribution is 0.213. The van der Waals surface area contributed by atoms with Crippen LogP contribution in [0, 0.1) is 0 Å². The normalized spacial score (nSPS) is 18.7. The second kappa shape index (κ2) is 9.66. The van der Waals surface area contributed by atoms with Crippen LogP contribution >= 0.6 is 40.1 Å². The Morgan fingerprint density at radius 2 is 2.10 bits per heavy atom. The molecule has 1 aliphatic heterocycles. The van der Waals surface area contributed by atoms with Crippen LogP contribution in [0.15, 0.2) is 48.3 Å². The molecule has 1 aromatic heterocycles. The van der Waals surface area contributed by atoms with Gasteiger partial charge in [-0.1, -0.05) is 24.9 Å². The van der Waals surface area contributed by atoms with E-state index in [1.165, 1.54) is 9.69 Å². The molecule has 3 rings (SSSR count). The molecule has 2 aromatic rings. The highest BCUT2D eigenvalue weighted by molar-refractivity contribution is 9.10. The molecule has 9 nitrogen and oxygen atoms in total. The molecular weight excluding hydrogens is 514 g/mol. The van der Waals surface area contributed by atoms with E-state index in [1.54, 1.807) is 12.1 Å². The third-order valence-corrected chi connectivity index (χ3v) is 8.78. The Kier molecular flexibility index (Phi) is 7.42. The van der Waals surface area contributed by atoms with Gasteiger partial charge < -0.3 is 20.7 Å². The number of para-hydroxylation sites is 1. The molecule has 162 valence electrons. The Labute approximate surface area is 192 Å². The number of aliphatic imine (C=N–C) groups is 2. The number of rotatable bonds is 5. The van der Waals surface area contributed by atoms with Gasteiger partial charge in [0.1, 0.15) is 5.69 Å². The van der Waals surface area contributed by atoms with Gasteiger partial charge in [-0.2, -0.15) is 4.31 Å². The lowest BCUT2D eigenvalue weighted by atomic mass is 10.2. The molecule has 0 amide bonds. The maximum Gasteiger partial charge on any atom is 0.256 e. The van der Waals surface area contributed by atoms with Crippen molar-refractivity contribution in [3.63, 3.8) is 0 Å². The molecule has 0 bridgehead atoms. The topological polar surface area (TPSA) is 141 Å². The maximum absolute atomic E-state index is 12.9. The Morgan fingerprint density at radius 3 is 2.77 bits per heavy atom. The molecule has 30 heavy (non-hydrogen) atoms. The number of thiol groups is 1. The minimum atomic E-state index is -3.96. The van der Waals surface area contributed by atoms with Gasteiger partial charge in [-0.3, -0.25) is 0 Å². The maximum atomic E-state index is 12.9. The fourth-order valence-electron chi connectivity index (χ4n) is 2.99. The molecule has 1 fully saturated rings. The highest BCUT2D eigenvalue weighted by atomic mass is 79.9. The first-order valence-corrected chi connectivity index (χ1v) is 12.4. The van der Waals surface area contributed by atoms with Crippen LogP contribution in [-0.4, -0.2) is 53.8 Å². The number of aliphatic hydroxyl groups excluding tert-OH is 1. The van der Waals surface area contributed by atoms with Crippen LogP contribution in [0.3, 0.4) is 0 Å². The van der Waals surface area contributed by atoms with E-state index in [4.69, 9.17) is 5.73 Å². The van der Waals surface area contributed by atoms with Crippen LogP contribution in [0.1, 0.15) is 12.8 Å². The minimum Gasteiger partial charge on any atom is -0.504 e. The molecule has 2 heterocycles. The summed E-state index contributed by atoms with van der Waals surface area (Å²) >= 11 is 8.22. The number of halogens is 1. The third-order valence-electron chi connectivity index (χ3n) is 4.46. The van der Waals surface area contributed by atoms with Crippen molar-refractivity contribution in [3.8, 4) is 5.75 Å². The lowest BCUT2D eigenvalue weighted by Gasteiger charge is -2.21. The van der Waals surface area contributed by atoms with E-state index >= 15 is 0 Å². The number of aromatic hydroxyl groups is 1. The number of nitrogens with zero attached hydrogens (tertiary/aromatic N) is 3. The van der Waals surface area contributed by atoms with Crippen LogP contribution in [0.25, 0.3) is 0 Å². The van der Waals surface area contributed by atoms with E-state index in [0.29, 0.717) is 18.5 Å². The van der Waals surface area contributed by atoms with E-state index in [0.717, 1.165) is 15.8 Å². The van der Waals surface area contributed by atoms with Crippen LogP contribution < -0.4 is 10.5 Å². The average molecular weight is 534 g/mol. The van der Waals surface area contributed by atoms with E-state index in [-0.39, 0.29) is 34.7 Å². The number of hydrogen-bond donors (Lipinski definition) is 5. The Bertz CT molecular complexity index is 1090. The van der Waals surface area contributed by atoms with Gasteiger partial charge in [0.15, 0.2) is 21.6 Å². The molecule has 13 heteroatoms. The quantitative estimate of drug-likeness (QED) is 0.227. The highest BCUT2D eigenvalue weighted by Crippen LogP contribution is 2.42. The van der Waals surface area contributed by atoms with Crippen LogP contribution in [0.2, 0.25) is 0 Å². The molecular formula is C17H20BrN5O4S3. The number of sulfonamides is 1. The van der Waals surface area contributed by atoms with E-state index in [9.17, 15) is 18.6 Å². The summed E-state index contributed by atoms with van der Waals surface area (Å²) in [7, 11) is -3.96. The van der Waals surface area contributed by atoms with Gasteiger partial charge in [-0.05, 0) is 40.9 Å². The molecule has 5 N–H and O–H groups in total. The Morgan fingerprint density at radius 1 is 1.37 bits per heavy atom. The first kappa shape index (κ1) is 23.0. The summed E-state index contributed by atoms with van der Waals surface area (Å²) in [6.45, 7) is 0.0176. The highest BCUT2D eigenvalue weighted by Gasteiger charge is 2.37. The number of amidine groups is 2. The van der Waals surface area contributed by atoms with Crippen LogP contribution in [-0.2, 0) is 10.0 Å². The molecule has 0 saturated carbocycles. The van der Waals surface area contributed by atoms with Crippen molar-refractivity contribution in [2.45, 2.75) is 23.1 Å². The summed E-state index contributed by atoms with van der Waals surface area (Å²) in [6.07, 6.45) is 1.22. The number of nitrogens with one attached hydrogen (secondary N) is 1. The van der Waals surface area contributed by atoms with Crippen molar-refractivity contribution in [3.05, 3.63) is 34.1 Å². The summed E-state index contributed by atoms with van der Waals surface area (Å²) in [5, 5.41) is 21.3. The summed E-state index contributed by atoms with van der Waals surface area (Å²) in [4.78, 5) is 8.46. The standard InChI is InChI=1S/C17H20BrN5O4S3/c18-11-5-1-2-6-12(11)21-16(22-28)15(19)20-13-9-29-17(14(13)25)30(26,27)23-7-3-4-10(23)8-24/h1-2,5-6,9-10,24-25,28H,3-4,7-8H2,(H2,19,20)(H,21,22). The van der Waals surface area contributed by atoms with Crippen molar-refractivity contribution in [2.75, 3.05) is 13.2 Å². The molecule has 0 spiro atoms. The largest absolute Gasteiger partial charge is 0.504 e. The Hall–Kier alpha value is -1.64. The van der Waals surface area contributed by atoms with Crippen LogP contribution in [0.4, 0.5) is 11.4 Å². The van der Waals surface area contributed by atoms with Crippen LogP contribution in [0.5, 0.6) is 5.75 Å². The van der Waals surface area contributed by atoms with Gasteiger partial charge in [-0.15, -0.1) is 11.3 Å². The van der Waals surface area contributed by atoms with Gasteiger partial charge >= 0.3 is 0 Å². The number of nitrogens with two attached hydrogens (primary N) is 1. The molecule has 1 saturated heterocycles. The summed E-state index contributed by atoms with van der Waals surface area (Å²) < 4.78 is 30.1. The second-order valence-electron chi connectivity index (χ2n) is 6.37. The van der Waals surface area contributed by atoms with Gasteiger partial charge in [0.25, 0.3) is 10.0 Å². The van der Waals surface area contributed by atoms with Gasteiger partial charge in [0.05, 0.1) is 12.3 Å². The molecule has 0 radical (unpaired) electrons. The van der Waals surface area contributed by atoms with Crippen molar-refractivity contribution < 1.29 is 18.6 Å². The third kappa shape index (κ3) is 4.65. The zero-order valence-electron chi connectivity index (χ0n) is 15.6. The summed E-state index contributed by atoms with van der Waals surface area (Å²) in [5.74, 6) is -0.460. The van der Waals surface area contributed by atoms with Gasteiger partial charge in [-0.25, -0.2) is 18.4 Å². The van der Waals surface area contributed by atoms with Crippen molar-refractivity contribution in [1.82, 2.24) is 9.03 Å². The number of hydrogen-bond acceptors (Lipinski definition) is 8. The lowest BCUT2D eigenvalue weighted by Crippen LogP contribution is -2.37. The number of aliphatic hydroxyl groups is 1. The van der Waals surface area contributed by atoms with Crippen molar-refractivity contribution in [2.24, 2.45) is 15.7 Å². The van der Waals surface area contributed by atoms with Crippen molar-refractivity contribution in [1.29, 1.82) is 0 Å². The fourth-order valence-corrected chi connectivity index (χ4v) is 6.54. The zero-order chi connectivity index (χ0) is 21.9. The molecule has 1 aliphatic rings. The fraction of sp³-hybridized carbons (Fsp3) is 0.294. The summed E-state index contributed by atoms with van der Waals surface area (Å²) in [6, 6.07) is 6.70. The van der Waals surface area contributed by atoms with E-state index in [2.05, 4.69) is 43.5 Å². The minimum absolute atomic E-state index is 0.000712. The first-order chi connectivity index (χ1) is 14.3. The smallest absolute Gasteiger partial charge is 0.256 e. The predicted octanol–water partition coefficient (Wildman–Crippen LogP) is 2.51. The molecule has 1 aromatic carbocycles. The van der Waals surface area contributed by atoms with Crippen molar-refractivity contribution >= 4 is 73.2 Å². The Balaban J connectivity index is 1.93.